The number of hydrogen-bond acceptors (Lipinski definition) is 7. The lowest BCUT2D eigenvalue weighted by atomic mass is 10.2. The molecule has 146 valence electrons. The monoisotopic (exact) mass is 379 g/mol. The van der Waals surface area contributed by atoms with E-state index in [-0.39, 0.29) is 18.7 Å². The number of aliphatic hydroxyl groups excluding tert-OH is 1. The Morgan fingerprint density at radius 1 is 1.18 bits per heavy atom. The molecule has 0 fully saturated rings. The third kappa shape index (κ3) is 4.05. The van der Waals surface area contributed by atoms with Crippen LogP contribution in [0.5, 0.6) is 0 Å². The maximum Gasteiger partial charge on any atom is 0.227 e. The summed E-state index contributed by atoms with van der Waals surface area (Å²) in [5, 5.41) is 25.5. The number of benzene rings is 1. The molecule has 2 aromatic heterocycles. The van der Waals surface area contributed by atoms with Gasteiger partial charge in [-0.3, -0.25) is 4.57 Å². The van der Waals surface area contributed by atoms with E-state index in [1.807, 2.05) is 51.1 Å². The molecule has 0 aliphatic rings. The van der Waals surface area contributed by atoms with Gasteiger partial charge in [0.1, 0.15) is 6.07 Å². The molecule has 2 heterocycles. The number of imidazole rings is 1. The molecule has 8 heteroatoms. The first-order valence-corrected chi connectivity index (χ1v) is 9.42. The second kappa shape index (κ2) is 8.67. The zero-order valence-corrected chi connectivity index (χ0v) is 16.3. The van der Waals surface area contributed by atoms with Crippen LogP contribution in [0.15, 0.2) is 30.3 Å². The van der Waals surface area contributed by atoms with Crippen LogP contribution in [0.3, 0.4) is 0 Å². The van der Waals surface area contributed by atoms with Gasteiger partial charge in [0.15, 0.2) is 17.0 Å². The van der Waals surface area contributed by atoms with Crippen LogP contribution in [0.1, 0.15) is 44.6 Å². The van der Waals surface area contributed by atoms with Gasteiger partial charge in [0.2, 0.25) is 11.8 Å². The summed E-state index contributed by atoms with van der Waals surface area (Å²) in [5.41, 5.74) is 2.26. The second-order valence-electron chi connectivity index (χ2n) is 6.85. The van der Waals surface area contributed by atoms with E-state index >= 15 is 0 Å². The highest BCUT2D eigenvalue weighted by molar-refractivity contribution is 5.85. The molecule has 0 aliphatic carbocycles. The number of nitrogens with zero attached hydrogens (tertiary/aromatic N) is 5. The predicted octanol–water partition coefficient (Wildman–Crippen LogP) is 3.07. The molecule has 8 nitrogen and oxygen atoms in total. The number of fused-ring (bicyclic) bond motifs is 1. The van der Waals surface area contributed by atoms with E-state index in [0.29, 0.717) is 35.3 Å². The fourth-order valence-electron chi connectivity index (χ4n) is 2.97. The van der Waals surface area contributed by atoms with Crippen molar-refractivity contribution >= 4 is 22.9 Å². The summed E-state index contributed by atoms with van der Waals surface area (Å²) in [6.45, 7) is 6.50. The minimum atomic E-state index is -0.148. The number of rotatable bonds is 8. The highest BCUT2D eigenvalue weighted by atomic mass is 16.3. The topological polar surface area (TPSA) is 112 Å². The van der Waals surface area contributed by atoms with E-state index < -0.39 is 0 Å². The van der Waals surface area contributed by atoms with Gasteiger partial charge in [-0.05, 0) is 25.8 Å². The molecule has 0 radical (unpaired) electrons. The third-order valence-electron chi connectivity index (χ3n) is 4.51. The number of anilines is 2. The minimum Gasteiger partial charge on any atom is -0.394 e. The van der Waals surface area contributed by atoms with Crippen LogP contribution in [0.4, 0.5) is 11.8 Å². The molecule has 3 rings (SSSR count). The Morgan fingerprint density at radius 2 is 1.93 bits per heavy atom. The van der Waals surface area contributed by atoms with E-state index in [4.69, 9.17) is 0 Å². The molecule has 0 bridgehead atoms. The minimum absolute atomic E-state index is 0.0163. The van der Waals surface area contributed by atoms with Gasteiger partial charge < -0.3 is 15.7 Å². The van der Waals surface area contributed by atoms with E-state index in [0.717, 1.165) is 12.0 Å². The summed E-state index contributed by atoms with van der Waals surface area (Å²) < 4.78 is 1.80. The van der Waals surface area contributed by atoms with E-state index in [1.54, 1.807) is 4.57 Å². The van der Waals surface area contributed by atoms with Crippen LogP contribution in [-0.2, 0) is 6.54 Å². The number of nitriles is 1. The SMILES string of the molecule is CC[C@H](CO)Nc1nc(NCc2ccccc2)c2nc(C#N)n(C(C)C)c2n1. The molecule has 0 unspecified atom stereocenters. The van der Waals surface area contributed by atoms with Crippen molar-refractivity contribution in [1.82, 2.24) is 19.5 Å². The second-order valence-corrected chi connectivity index (χ2v) is 6.85. The number of nitrogens with one attached hydrogen (secondary N) is 2. The first-order valence-electron chi connectivity index (χ1n) is 9.42. The van der Waals surface area contributed by atoms with Gasteiger partial charge in [0.25, 0.3) is 0 Å². The van der Waals surface area contributed by atoms with Crippen molar-refractivity contribution in [3.63, 3.8) is 0 Å². The quantitative estimate of drug-likeness (QED) is 0.551. The normalized spacial score (nSPS) is 12.1. The van der Waals surface area contributed by atoms with Crippen LogP contribution in [0, 0.1) is 11.3 Å². The number of hydrogen-bond donors (Lipinski definition) is 3. The molecule has 3 N–H and O–H groups in total. The van der Waals surface area contributed by atoms with E-state index in [1.165, 1.54) is 0 Å². The summed E-state index contributed by atoms with van der Waals surface area (Å²) in [6.07, 6.45) is 0.734. The molecule has 0 saturated heterocycles. The zero-order valence-electron chi connectivity index (χ0n) is 16.3. The van der Waals surface area contributed by atoms with Gasteiger partial charge in [0, 0.05) is 12.6 Å². The molecule has 0 aliphatic heterocycles. The first-order chi connectivity index (χ1) is 13.6. The lowest BCUT2D eigenvalue weighted by Crippen LogP contribution is -2.24. The summed E-state index contributed by atoms with van der Waals surface area (Å²) >= 11 is 0. The van der Waals surface area contributed by atoms with Crippen LogP contribution in [0.25, 0.3) is 11.2 Å². The molecule has 3 aromatic rings. The standard InChI is InChI=1S/C20H25N7O/c1-4-15(12-28)23-20-25-18(22-11-14-8-6-5-7-9-14)17-19(26-20)27(13(2)3)16(10-21)24-17/h5-9,13,15,28H,4,11-12H2,1-3H3,(H2,22,23,25,26)/t15-/m1/s1. The van der Waals surface area contributed by atoms with Crippen molar-refractivity contribution in [2.75, 3.05) is 17.2 Å². The zero-order chi connectivity index (χ0) is 20.1. The van der Waals surface area contributed by atoms with Crippen molar-refractivity contribution < 1.29 is 5.11 Å². The molecular weight excluding hydrogens is 354 g/mol. The summed E-state index contributed by atoms with van der Waals surface area (Å²) in [5.74, 6) is 1.25. The Labute approximate surface area is 164 Å². The Bertz CT molecular complexity index is 972. The smallest absolute Gasteiger partial charge is 0.227 e. The van der Waals surface area contributed by atoms with Gasteiger partial charge in [-0.15, -0.1) is 0 Å². The number of aliphatic hydroxyl groups is 1. The van der Waals surface area contributed by atoms with Crippen molar-refractivity contribution in [2.24, 2.45) is 0 Å². The third-order valence-corrected chi connectivity index (χ3v) is 4.51. The molecule has 1 atom stereocenters. The highest BCUT2D eigenvalue weighted by Crippen LogP contribution is 2.26. The summed E-state index contributed by atoms with van der Waals surface area (Å²) in [7, 11) is 0. The van der Waals surface area contributed by atoms with Gasteiger partial charge in [-0.25, -0.2) is 4.98 Å². The van der Waals surface area contributed by atoms with Gasteiger partial charge in [-0.2, -0.15) is 15.2 Å². The highest BCUT2D eigenvalue weighted by Gasteiger charge is 2.20. The largest absolute Gasteiger partial charge is 0.394 e. The lowest BCUT2D eigenvalue weighted by Gasteiger charge is -2.16. The fraction of sp³-hybridized carbons (Fsp3) is 0.400. The average molecular weight is 379 g/mol. The fourth-order valence-corrected chi connectivity index (χ4v) is 2.97. The average Bonchev–Trinajstić information content (AvgIpc) is 3.10. The van der Waals surface area contributed by atoms with Gasteiger partial charge in [-0.1, -0.05) is 37.3 Å². The van der Waals surface area contributed by atoms with Crippen LogP contribution in [-0.4, -0.2) is 37.3 Å². The maximum atomic E-state index is 9.51. The lowest BCUT2D eigenvalue weighted by molar-refractivity contribution is 0.271. The van der Waals surface area contributed by atoms with Gasteiger partial charge in [0.05, 0.1) is 12.6 Å². The summed E-state index contributed by atoms with van der Waals surface area (Å²) in [6, 6.07) is 12.0. The van der Waals surface area contributed by atoms with Crippen molar-refractivity contribution in [2.45, 2.75) is 45.8 Å². The van der Waals surface area contributed by atoms with Crippen molar-refractivity contribution in [3.05, 3.63) is 41.7 Å². The molecule has 28 heavy (non-hydrogen) atoms. The van der Waals surface area contributed by atoms with Crippen LogP contribution in [0.2, 0.25) is 0 Å². The van der Waals surface area contributed by atoms with Crippen molar-refractivity contribution in [1.29, 1.82) is 5.26 Å². The van der Waals surface area contributed by atoms with Crippen LogP contribution >= 0.6 is 0 Å². The molecule has 0 saturated carbocycles. The van der Waals surface area contributed by atoms with Gasteiger partial charge >= 0.3 is 0 Å². The van der Waals surface area contributed by atoms with Crippen LogP contribution < -0.4 is 10.6 Å². The van der Waals surface area contributed by atoms with E-state index in [2.05, 4.69) is 31.7 Å². The molecule has 0 amide bonds. The predicted molar refractivity (Wildman–Crippen MR) is 109 cm³/mol. The maximum absolute atomic E-state index is 9.51. The number of aromatic nitrogens is 4. The Hall–Kier alpha value is -3.18. The Balaban J connectivity index is 2.07. The van der Waals surface area contributed by atoms with E-state index in [9.17, 15) is 10.4 Å². The molecule has 1 aromatic carbocycles. The first kappa shape index (κ1) is 19.6. The Morgan fingerprint density at radius 3 is 2.54 bits per heavy atom. The molecular formula is C20H25N7O. The Kier molecular flexibility index (Phi) is 6.06. The molecule has 0 spiro atoms. The van der Waals surface area contributed by atoms with Crippen molar-refractivity contribution in [3.8, 4) is 6.07 Å². The summed E-state index contributed by atoms with van der Waals surface area (Å²) in [4.78, 5) is 13.6.